The molecule has 0 N–H and O–H groups in total. The van der Waals surface area contributed by atoms with Gasteiger partial charge in [0, 0.05) is 22.2 Å². The van der Waals surface area contributed by atoms with Crippen molar-refractivity contribution < 1.29 is 14.1 Å². The average Bonchev–Trinajstić information content (AvgIpc) is 2.72. The van der Waals surface area contributed by atoms with Crippen molar-refractivity contribution in [1.29, 1.82) is 5.26 Å². The minimum Gasteiger partial charge on any atom is -0.488 e. The van der Waals surface area contributed by atoms with Crippen LogP contribution in [0.25, 0.3) is 11.6 Å². The second-order valence-electron chi connectivity index (χ2n) is 6.07. The number of hydrogen-bond acceptors (Lipinski definition) is 4. The summed E-state index contributed by atoms with van der Waals surface area (Å²) in [6, 6.07) is 19.3. The zero-order valence-corrected chi connectivity index (χ0v) is 16.6. The molecule has 3 rings (SSSR count). The van der Waals surface area contributed by atoms with E-state index in [1.54, 1.807) is 24.3 Å². The second kappa shape index (κ2) is 9.13. The van der Waals surface area contributed by atoms with E-state index in [9.17, 15) is 19.8 Å². The van der Waals surface area contributed by atoms with Gasteiger partial charge in [-0.2, -0.15) is 5.26 Å². The number of allylic oxidation sites excluding steroid dienone is 1. The zero-order valence-electron chi connectivity index (χ0n) is 15.0. The molecule has 29 heavy (non-hydrogen) atoms. The maximum absolute atomic E-state index is 13.0. The predicted molar refractivity (Wildman–Crippen MR) is 111 cm³/mol. The molecule has 0 bridgehead atoms. The molecule has 0 fully saturated rings. The number of benzene rings is 3. The summed E-state index contributed by atoms with van der Waals surface area (Å²) >= 11 is 3.41. The molecule has 3 aromatic carbocycles. The van der Waals surface area contributed by atoms with Crippen molar-refractivity contribution in [2.45, 2.75) is 6.61 Å². The van der Waals surface area contributed by atoms with E-state index in [1.165, 1.54) is 36.4 Å². The third kappa shape index (κ3) is 5.27. The maximum atomic E-state index is 13.0. The van der Waals surface area contributed by atoms with E-state index in [0.29, 0.717) is 22.4 Å². The van der Waals surface area contributed by atoms with Crippen LogP contribution >= 0.6 is 15.9 Å². The fourth-order valence-electron chi connectivity index (χ4n) is 2.60. The first kappa shape index (κ1) is 20.2. The molecule has 0 radical (unpaired) electrons. The zero-order chi connectivity index (χ0) is 20.8. The Hall–Kier alpha value is -3.50. The van der Waals surface area contributed by atoms with Gasteiger partial charge in [-0.15, -0.1) is 0 Å². The summed E-state index contributed by atoms with van der Waals surface area (Å²) in [5.74, 6) is 0.231. The number of nitriles is 1. The number of halogens is 2. The summed E-state index contributed by atoms with van der Waals surface area (Å²) < 4.78 is 19.7. The molecule has 0 saturated heterocycles. The molecule has 5 nitrogen and oxygen atoms in total. The summed E-state index contributed by atoms with van der Waals surface area (Å²) in [6.45, 7) is 0.238. The molecule has 144 valence electrons. The van der Waals surface area contributed by atoms with Crippen LogP contribution in [0.5, 0.6) is 5.75 Å². The van der Waals surface area contributed by atoms with E-state index in [2.05, 4.69) is 22.0 Å². The van der Waals surface area contributed by atoms with E-state index in [-0.39, 0.29) is 18.1 Å². The van der Waals surface area contributed by atoms with Crippen LogP contribution in [-0.2, 0) is 6.61 Å². The standard InChI is InChI=1S/C22H14BrFN2O3/c23-19-5-10-22(29-14-15-1-6-20(24)7-2-15)17(12-19)11-18(13-25)16-3-8-21(9-4-16)26(27)28/h1-12H,14H2/b18-11-. The number of nitro benzene ring substituents is 1. The lowest BCUT2D eigenvalue weighted by Gasteiger charge is -2.11. The SMILES string of the molecule is N#C/C(=C/c1cc(Br)ccc1OCc1ccc(F)cc1)c1ccc([N+](=O)[O-])cc1. The first-order valence-electron chi connectivity index (χ1n) is 8.49. The van der Waals surface area contributed by atoms with E-state index in [4.69, 9.17) is 4.74 Å². The van der Waals surface area contributed by atoms with Crippen LogP contribution < -0.4 is 4.74 Å². The van der Waals surface area contributed by atoms with Crippen molar-refractivity contribution in [2.24, 2.45) is 0 Å². The Morgan fingerprint density at radius 2 is 1.83 bits per heavy atom. The van der Waals surface area contributed by atoms with Crippen LogP contribution in [0.3, 0.4) is 0 Å². The minimum atomic E-state index is -0.491. The summed E-state index contributed by atoms with van der Waals surface area (Å²) in [5.41, 5.74) is 2.32. The van der Waals surface area contributed by atoms with Gasteiger partial charge >= 0.3 is 0 Å². The molecule has 0 amide bonds. The van der Waals surface area contributed by atoms with Gasteiger partial charge < -0.3 is 4.74 Å². The molecule has 0 aromatic heterocycles. The highest BCUT2D eigenvalue weighted by atomic mass is 79.9. The van der Waals surface area contributed by atoms with Gasteiger partial charge in [-0.05, 0) is 59.7 Å². The Balaban J connectivity index is 1.89. The molecule has 0 spiro atoms. The van der Waals surface area contributed by atoms with Gasteiger partial charge in [0.1, 0.15) is 18.2 Å². The molecule has 0 atom stereocenters. The number of non-ortho nitro benzene ring substituents is 1. The molecule has 0 saturated carbocycles. The Morgan fingerprint density at radius 1 is 1.14 bits per heavy atom. The Kier molecular flexibility index (Phi) is 6.37. The van der Waals surface area contributed by atoms with Crippen LogP contribution in [0.4, 0.5) is 10.1 Å². The molecular formula is C22H14BrFN2O3. The average molecular weight is 453 g/mol. The van der Waals surface area contributed by atoms with Gasteiger partial charge in [0.05, 0.1) is 16.6 Å². The van der Waals surface area contributed by atoms with Crippen molar-refractivity contribution in [2.75, 3.05) is 0 Å². The highest BCUT2D eigenvalue weighted by molar-refractivity contribution is 9.10. The molecule has 0 aliphatic rings. The molecule has 0 unspecified atom stereocenters. The van der Waals surface area contributed by atoms with Crippen LogP contribution in [-0.4, -0.2) is 4.92 Å². The molecule has 7 heteroatoms. The van der Waals surface area contributed by atoms with E-state index < -0.39 is 4.92 Å². The van der Waals surface area contributed by atoms with Crippen molar-refractivity contribution in [3.63, 3.8) is 0 Å². The number of ether oxygens (including phenoxy) is 1. The smallest absolute Gasteiger partial charge is 0.269 e. The van der Waals surface area contributed by atoms with Gasteiger partial charge in [0.15, 0.2) is 0 Å². The highest BCUT2D eigenvalue weighted by Gasteiger charge is 2.09. The van der Waals surface area contributed by atoms with E-state index in [0.717, 1.165) is 10.0 Å². The van der Waals surface area contributed by atoms with Crippen molar-refractivity contribution in [3.05, 3.63) is 104 Å². The lowest BCUT2D eigenvalue weighted by molar-refractivity contribution is -0.384. The lowest BCUT2D eigenvalue weighted by Crippen LogP contribution is -1.97. The van der Waals surface area contributed by atoms with Gasteiger partial charge in [0.2, 0.25) is 0 Å². The normalized spacial score (nSPS) is 11.0. The van der Waals surface area contributed by atoms with Gasteiger partial charge in [0.25, 0.3) is 5.69 Å². The summed E-state index contributed by atoms with van der Waals surface area (Å²) in [7, 11) is 0. The Bertz CT molecular complexity index is 1100. The first-order valence-corrected chi connectivity index (χ1v) is 9.29. The Morgan fingerprint density at radius 3 is 2.45 bits per heavy atom. The third-order valence-corrected chi connectivity index (χ3v) is 4.58. The quantitative estimate of drug-likeness (QED) is 0.195. The summed E-state index contributed by atoms with van der Waals surface area (Å²) in [4.78, 5) is 10.3. The number of nitrogens with zero attached hydrogens (tertiary/aromatic N) is 2. The molecule has 0 heterocycles. The Labute approximate surface area is 175 Å². The van der Waals surface area contributed by atoms with Crippen LogP contribution in [0, 0.1) is 27.3 Å². The van der Waals surface area contributed by atoms with Gasteiger partial charge in [-0.1, -0.05) is 28.1 Å². The topological polar surface area (TPSA) is 76.2 Å². The maximum Gasteiger partial charge on any atom is 0.269 e. The van der Waals surface area contributed by atoms with E-state index in [1.807, 2.05) is 12.1 Å². The minimum absolute atomic E-state index is 0.0446. The van der Waals surface area contributed by atoms with Gasteiger partial charge in [-0.25, -0.2) is 4.39 Å². The number of nitro groups is 1. The van der Waals surface area contributed by atoms with Crippen LogP contribution in [0.1, 0.15) is 16.7 Å². The van der Waals surface area contributed by atoms with Crippen molar-refractivity contribution >= 4 is 33.3 Å². The van der Waals surface area contributed by atoms with E-state index >= 15 is 0 Å². The fourth-order valence-corrected chi connectivity index (χ4v) is 2.98. The van der Waals surface area contributed by atoms with Crippen molar-refractivity contribution in [3.8, 4) is 11.8 Å². The van der Waals surface area contributed by atoms with Crippen LogP contribution in [0.15, 0.2) is 71.2 Å². The molecule has 0 aliphatic carbocycles. The highest BCUT2D eigenvalue weighted by Crippen LogP contribution is 2.29. The largest absolute Gasteiger partial charge is 0.488 e. The van der Waals surface area contributed by atoms with Crippen LogP contribution in [0.2, 0.25) is 0 Å². The first-order chi connectivity index (χ1) is 14.0. The molecule has 3 aromatic rings. The fraction of sp³-hybridized carbons (Fsp3) is 0.0455. The monoisotopic (exact) mass is 452 g/mol. The number of rotatable bonds is 6. The third-order valence-electron chi connectivity index (χ3n) is 4.09. The molecule has 0 aliphatic heterocycles. The molecular weight excluding hydrogens is 439 g/mol. The summed E-state index contributed by atoms with van der Waals surface area (Å²) in [5, 5.41) is 20.4. The predicted octanol–water partition coefficient (Wildman–Crippen LogP) is 6.14. The van der Waals surface area contributed by atoms with Crippen molar-refractivity contribution in [1.82, 2.24) is 0 Å². The lowest BCUT2D eigenvalue weighted by atomic mass is 10.0. The van der Waals surface area contributed by atoms with Gasteiger partial charge in [-0.3, -0.25) is 10.1 Å². The number of hydrogen-bond donors (Lipinski definition) is 0. The second-order valence-corrected chi connectivity index (χ2v) is 6.99. The summed E-state index contributed by atoms with van der Waals surface area (Å²) in [6.07, 6.45) is 1.66.